The molecule has 4 nitrogen and oxygen atoms in total. The van der Waals surface area contributed by atoms with E-state index in [1.165, 1.54) is 0 Å². The lowest BCUT2D eigenvalue weighted by Crippen LogP contribution is -2.44. The van der Waals surface area contributed by atoms with Crippen LogP contribution in [0.15, 0.2) is 0 Å². The van der Waals surface area contributed by atoms with Crippen LogP contribution in [0.3, 0.4) is 0 Å². The summed E-state index contributed by atoms with van der Waals surface area (Å²) in [5.74, 6) is -0.962. The Hall–Kier alpha value is -0.610. The second-order valence-electron chi connectivity index (χ2n) is 3.55. The zero-order chi connectivity index (χ0) is 9.78. The number of carboxylic acids is 1. The maximum atomic E-state index is 10.5. The lowest BCUT2D eigenvalue weighted by molar-refractivity contribution is -0.141. The second-order valence-corrected chi connectivity index (χ2v) is 3.55. The summed E-state index contributed by atoms with van der Waals surface area (Å²) in [6.07, 6.45) is 0.650. The Balaban J connectivity index is 4.08. The smallest absolute Gasteiger partial charge is 0.321 e. The van der Waals surface area contributed by atoms with Crippen molar-refractivity contribution in [2.75, 3.05) is 13.7 Å². The van der Waals surface area contributed by atoms with Gasteiger partial charge in [0.15, 0.2) is 0 Å². The minimum Gasteiger partial charge on any atom is -0.480 e. The molecule has 0 aromatic rings. The summed E-state index contributed by atoms with van der Waals surface area (Å²) in [4.78, 5) is 10.5. The number of nitrogens with two attached hydrogens (primary N) is 1. The number of carboxylic acid groups (broad SMARTS) is 1. The highest BCUT2D eigenvalue weighted by Crippen LogP contribution is 2.23. The lowest BCUT2D eigenvalue weighted by Gasteiger charge is -2.28. The molecule has 0 amide bonds. The first-order valence-electron chi connectivity index (χ1n) is 3.89. The first kappa shape index (κ1) is 11.4. The monoisotopic (exact) mass is 175 g/mol. The fourth-order valence-corrected chi connectivity index (χ4v) is 0.855. The van der Waals surface area contributed by atoms with Crippen molar-refractivity contribution < 1.29 is 14.6 Å². The normalized spacial score (nSPS) is 14.3. The molecule has 0 aliphatic carbocycles. The molecule has 0 radical (unpaired) electrons. The van der Waals surface area contributed by atoms with Crippen molar-refractivity contribution in [3.63, 3.8) is 0 Å². The number of carbonyl (C=O) groups is 1. The lowest BCUT2D eigenvalue weighted by atomic mass is 9.82. The highest BCUT2D eigenvalue weighted by atomic mass is 16.5. The molecule has 0 aromatic heterocycles. The van der Waals surface area contributed by atoms with Crippen LogP contribution in [0.1, 0.15) is 20.3 Å². The van der Waals surface area contributed by atoms with Crippen LogP contribution in [-0.4, -0.2) is 30.8 Å². The fraction of sp³-hybridized carbons (Fsp3) is 0.875. The third kappa shape index (κ3) is 3.19. The van der Waals surface area contributed by atoms with Gasteiger partial charge in [0.1, 0.15) is 6.04 Å². The van der Waals surface area contributed by atoms with Gasteiger partial charge < -0.3 is 15.6 Å². The van der Waals surface area contributed by atoms with Crippen molar-refractivity contribution in [2.45, 2.75) is 26.3 Å². The second kappa shape index (κ2) is 4.42. The molecular formula is C8H17NO3. The van der Waals surface area contributed by atoms with E-state index < -0.39 is 17.4 Å². The highest BCUT2D eigenvalue weighted by molar-refractivity contribution is 5.74. The molecule has 0 aliphatic heterocycles. The molecule has 72 valence electrons. The van der Waals surface area contributed by atoms with Gasteiger partial charge in [0.2, 0.25) is 0 Å². The Morgan fingerprint density at radius 2 is 2.17 bits per heavy atom. The summed E-state index contributed by atoms with van der Waals surface area (Å²) in [5.41, 5.74) is 5.07. The molecule has 0 spiro atoms. The molecule has 0 saturated heterocycles. The van der Waals surface area contributed by atoms with E-state index in [1.807, 2.05) is 13.8 Å². The van der Waals surface area contributed by atoms with Crippen molar-refractivity contribution in [3.8, 4) is 0 Å². The predicted molar refractivity (Wildman–Crippen MR) is 45.9 cm³/mol. The van der Waals surface area contributed by atoms with Crippen LogP contribution < -0.4 is 5.73 Å². The third-order valence-corrected chi connectivity index (χ3v) is 2.06. The zero-order valence-electron chi connectivity index (χ0n) is 7.83. The van der Waals surface area contributed by atoms with Crippen LogP contribution >= 0.6 is 0 Å². The minimum absolute atomic E-state index is 0.415. The van der Waals surface area contributed by atoms with Crippen molar-refractivity contribution in [1.29, 1.82) is 0 Å². The molecule has 0 saturated carbocycles. The highest BCUT2D eigenvalue weighted by Gasteiger charge is 2.31. The van der Waals surface area contributed by atoms with E-state index >= 15 is 0 Å². The van der Waals surface area contributed by atoms with Gasteiger partial charge in [-0.2, -0.15) is 0 Å². The molecule has 0 bridgehead atoms. The summed E-state index contributed by atoms with van der Waals surface area (Å²) in [6.45, 7) is 4.18. The number of hydrogen-bond acceptors (Lipinski definition) is 3. The number of ether oxygens (including phenoxy) is 1. The number of hydrogen-bond donors (Lipinski definition) is 2. The Kier molecular flexibility index (Phi) is 4.20. The summed E-state index contributed by atoms with van der Waals surface area (Å²) >= 11 is 0. The van der Waals surface area contributed by atoms with Gasteiger partial charge in [-0.05, 0) is 11.8 Å². The molecule has 0 fully saturated rings. The van der Waals surface area contributed by atoms with Gasteiger partial charge in [-0.1, -0.05) is 13.8 Å². The Morgan fingerprint density at radius 3 is 2.50 bits per heavy atom. The van der Waals surface area contributed by atoms with Crippen LogP contribution in [0.2, 0.25) is 0 Å². The molecular weight excluding hydrogens is 158 g/mol. The van der Waals surface area contributed by atoms with Gasteiger partial charge in [0.25, 0.3) is 0 Å². The zero-order valence-corrected chi connectivity index (χ0v) is 7.83. The largest absolute Gasteiger partial charge is 0.480 e. The summed E-state index contributed by atoms with van der Waals surface area (Å²) < 4.78 is 4.86. The van der Waals surface area contributed by atoms with E-state index in [4.69, 9.17) is 15.6 Å². The third-order valence-electron chi connectivity index (χ3n) is 2.06. The molecule has 12 heavy (non-hydrogen) atoms. The SMILES string of the molecule is COCCC(C)(C)C(N)C(=O)O. The Labute approximate surface area is 72.7 Å². The molecule has 1 unspecified atom stereocenters. The van der Waals surface area contributed by atoms with E-state index in [9.17, 15) is 4.79 Å². The first-order chi connectivity index (χ1) is 5.41. The molecule has 1 atom stereocenters. The van der Waals surface area contributed by atoms with Crippen LogP contribution in [0.5, 0.6) is 0 Å². The average molecular weight is 175 g/mol. The van der Waals surface area contributed by atoms with Crippen molar-refractivity contribution in [1.82, 2.24) is 0 Å². The molecule has 0 heterocycles. The van der Waals surface area contributed by atoms with Crippen molar-refractivity contribution in [2.24, 2.45) is 11.1 Å². The van der Waals surface area contributed by atoms with Gasteiger partial charge in [0.05, 0.1) is 0 Å². The van der Waals surface area contributed by atoms with Crippen LogP contribution in [0.4, 0.5) is 0 Å². The minimum atomic E-state index is -0.962. The van der Waals surface area contributed by atoms with E-state index in [-0.39, 0.29) is 0 Å². The van der Waals surface area contributed by atoms with Crippen LogP contribution in [-0.2, 0) is 9.53 Å². The topological polar surface area (TPSA) is 72.5 Å². The molecule has 3 N–H and O–H groups in total. The number of rotatable bonds is 5. The maximum Gasteiger partial charge on any atom is 0.321 e. The Bertz CT molecular complexity index is 156. The molecule has 0 rings (SSSR count). The van der Waals surface area contributed by atoms with E-state index in [0.29, 0.717) is 13.0 Å². The van der Waals surface area contributed by atoms with E-state index in [0.717, 1.165) is 0 Å². The van der Waals surface area contributed by atoms with Gasteiger partial charge >= 0.3 is 5.97 Å². The molecule has 0 aliphatic rings. The quantitative estimate of drug-likeness (QED) is 0.636. The summed E-state index contributed by atoms with van der Waals surface area (Å²) in [5, 5.41) is 8.65. The van der Waals surface area contributed by atoms with Crippen molar-refractivity contribution >= 4 is 5.97 Å². The van der Waals surface area contributed by atoms with Gasteiger partial charge in [-0.25, -0.2) is 0 Å². The van der Waals surface area contributed by atoms with Crippen molar-refractivity contribution in [3.05, 3.63) is 0 Å². The molecule has 0 aromatic carbocycles. The Morgan fingerprint density at radius 1 is 1.67 bits per heavy atom. The fourth-order valence-electron chi connectivity index (χ4n) is 0.855. The maximum absolute atomic E-state index is 10.5. The van der Waals surface area contributed by atoms with E-state index in [1.54, 1.807) is 7.11 Å². The summed E-state index contributed by atoms with van der Waals surface area (Å²) in [6, 6.07) is -0.826. The molecule has 4 heteroatoms. The van der Waals surface area contributed by atoms with Gasteiger partial charge in [-0.3, -0.25) is 4.79 Å². The average Bonchev–Trinajstić information content (AvgIpc) is 1.99. The number of methoxy groups -OCH3 is 1. The van der Waals surface area contributed by atoms with Crippen LogP contribution in [0, 0.1) is 5.41 Å². The standard InChI is InChI=1S/C8H17NO3/c1-8(2,4-5-12-3)6(9)7(10)11/h6H,4-5,9H2,1-3H3,(H,10,11). The summed E-state index contributed by atoms with van der Waals surface area (Å²) in [7, 11) is 1.59. The first-order valence-corrected chi connectivity index (χ1v) is 3.89. The predicted octanol–water partition coefficient (Wildman–Crippen LogP) is 0.461. The van der Waals surface area contributed by atoms with Gasteiger partial charge in [0, 0.05) is 13.7 Å². The number of aliphatic carboxylic acids is 1. The van der Waals surface area contributed by atoms with Gasteiger partial charge in [-0.15, -0.1) is 0 Å². The van der Waals surface area contributed by atoms with E-state index in [2.05, 4.69) is 0 Å². The van der Waals surface area contributed by atoms with Crippen LogP contribution in [0.25, 0.3) is 0 Å².